The number of hydrogen-bond donors (Lipinski definition) is 4. The number of likely N-dealkylation sites (tertiary alicyclic amines) is 1. The molecule has 0 aromatic carbocycles. The molecular weight excluding hydrogens is 418 g/mol. The molecule has 0 aromatic heterocycles. The predicted octanol–water partition coefficient (Wildman–Crippen LogP) is 3.09. The zero-order valence-electron chi connectivity index (χ0n) is 19.5. The molecule has 2 saturated heterocycles. The van der Waals surface area contributed by atoms with Gasteiger partial charge in [-0.05, 0) is 94.1 Å². The molecule has 1 amide bonds. The summed E-state index contributed by atoms with van der Waals surface area (Å²) in [5.41, 5.74) is 12.0. The van der Waals surface area contributed by atoms with Crippen LogP contribution in [-0.4, -0.2) is 58.4 Å². The molecule has 0 bridgehead atoms. The zero-order chi connectivity index (χ0) is 22.2. The number of amidine groups is 1. The van der Waals surface area contributed by atoms with E-state index in [1.165, 1.54) is 31.4 Å². The fourth-order valence-electron chi connectivity index (χ4n) is 7.67. The molecule has 3 saturated carbocycles. The summed E-state index contributed by atoms with van der Waals surface area (Å²) in [6.45, 7) is 1.06. The van der Waals surface area contributed by atoms with E-state index >= 15 is 0 Å². The lowest BCUT2D eigenvalue weighted by Crippen LogP contribution is -2.53. The molecule has 0 radical (unpaired) electrons. The maximum absolute atomic E-state index is 13.6. The molecule has 0 spiro atoms. The summed E-state index contributed by atoms with van der Waals surface area (Å²) in [5.74, 6) is 4.30. The Morgan fingerprint density at radius 2 is 1.81 bits per heavy atom. The van der Waals surface area contributed by atoms with Crippen LogP contribution in [0.1, 0.15) is 77.0 Å². The minimum absolute atomic E-state index is 0.00177. The third kappa shape index (κ3) is 4.72. The monoisotopic (exact) mass is 461 g/mol. The minimum atomic E-state index is -0.00177. The quantitative estimate of drug-likeness (QED) is 0.372. The fourth-order valence-corrected chi connectivity index (χ4v) is 9.42. The molecule has 32 heavy (non-hydrogen) atoms. The van der Waals surface area contributed by atoms with Gasteiger partial charge in [0.2, 0.25) is 5.91 Å². The zero-order valence-corrected chi connectivity index (χ0v) is 20.3. The molecule has 7 atom stereocenters. The summed E-state index contributed by atoms with van der Waals surface area (Å²) >= 11 is 2.20. The molecule has 180 valence electrons. The van der Waals surface area contributed by atoms with E-state index in [1.54, 1.807) is 0 Å². The summed E-state index contributed by atoms with van der Waals surface area (Å²) in [6, 6.07) is 1.01. The van der Waals surface area contributed by atoms with E-state index in [4.69, 9.17) is 16.9 Å². The lowest BCUT2D eigenvalue weighted by Gasteiger charge is -2.41. The van der Waals surface area contributed by atoms with Crippen molar-refractivity contribution in [2.45, 2.75) is 106 Å². The normalized spacial score (nSPS) is 44.6. The van der Waals surface area contributed by atoms with E-state index in [0.717, 1.165) is 69.1 Å². The summed E-state index contributed by atoms with van der Waals surface area (Å²) in [4.78, 5) is 16.2. The van der Waals surface area contributed by atoms with Gasteiger partial charge >= 0.3 is 0 Å². The van der Waals surface area contributed by atoms with Crippen LogP contribution < -0.4 is 16.8 Å². The smallest absolute Gasteiger partial charge is 0.237 e. The number of carbonyl (C=O) groups excluding carboxylic acids is 1. The second kappa shape index (κ2) is 9.83. The van der Waals surface area contributed by atoms with Gasteiger partial charge in [-0.15, -0.1) is 0 Å². The molecule has 2 aliphatic heterocycles. The van der Waals surface area contributed by atoms with Crippen LogP contribution >= 0.6 is 11.8 Å². The molecule has 5 fully saturated rings. The molecule has 6 N–H and O–H groups in total. The van der Waals surface area contributed by atoms with E-state index in [9.17, 15) is 4.79 Å². The number of hydrogen-bond acceptors (Lipinski definition) is 5. The highest BCUT2D eigenvalue weighted by molar-refractivity contribution is 8.00. The Labute approximate surface area is 197 Å². The highest BCUT2D eigenvalue weighted by Crippen LogP contribution is 2.48. The standard InChI is InChI=1S/C25H43N5OS/c26-19-6-8-20(9-7-19)29-25(31)22-12-16-4-5-17(24(27)28)13-21(16)30(22)14-18-3-1-2-15-10-11-32-23(15)18/h15-23H,1-14,26H2,(H3,27,28)(H,29,31). The van der Waals surface area contributed by atoms with Crippen molar-refractivity contribution in [2.75, 3.05) is 12.3 Å². The van der Waals surface area contributed by atoms with Crippen molar-refractivity contribution in [3.05, 3.63) is 0 Å². The summed E-state index contributed by atoms with van der Waals surface area (Å²) in [7, 11) is 0. The van der Waals surface area contributed by atoms with Crippen molar-refractivity contribution in [3.8, 4) is 0 Å². The summed E-state index contributed by atoms with van der Waals surface area (Å²) < 4.78 is 0. The van der Waals surface area contributed by atoms with E-state index in [1.807, 2.05) is 0 Å². The van der Waals surface area contributed by atoms with E-state index in [2.05, 4.69) is 22.0 Å². The van der Waals surface area contributed by atoms with Gasteiger partial charge in [0.05, 0.1) is 11.9 Å². The first kappa shape index (κ1) is 23.0. The van der Waals surface area contributed by atoms with Crippen molar-refractivity contribution >= 4 is 23.5 Å². The Morgan fingerprint density at radius 3 is 2.59 bits per heavy atom. The molecule has 7 heteroatoms. The number of nitrogens with two attached hydrogens (primary N) is 2. The topological polar surface area (TPSA) is 108 Å². The second-order valence-corrected chi connectivity index (χ2v) is 12.7. The summed E-state index contributed by atoms with van der Waals surface area (Å²) in [5, 5.41) is 12.3. The molecule has 5 aliphatic rings. The van der Waals surface area contributed by atoms with E-state index in [0.29, 0.717) is 35.8 Å². The largest absolute Gasteiger partial charge is 0.387 e. The Kier molecular flexibility index (Phi) is 7.06. The average molecular weight is 462 g/mol. The molecule has 5 rings (SSSR count). The number of nitrogens with one attached hydrogen (secondary N) is 2. The van der Waals surface area contributed by atoms with Gasteiger partial charge in [-0.25, -0.2) is 0 Å². The number of rotatable bonds is 5. The van der Waals surface area contributed by atoms with Gasteiger partial charge in [0.25, 0.3) is 0 Å². The number of thioether (sulfide) groups is 1. The third-order valence-electron chi connectivity index (χ3n) is 9.49. The van der Waals surface area contributed by atoms with Gasteiger partial charge in [-0.3, -0.25) is 15.1 Å². The average Bonchev–Trinajstić information content (AvgIpc) is 3.40. The van der Waals surface area contributed by atoms with Crippen LogP contribution in [0.2, 0.25) is 0 Å². The second-order valence-electron chi connectivity index (χ2n) is 11.4. The van der Waals surface area contributed by atoms with Crippen LogP contribution in [-0.2, 0) is 4.79 Å². The van der Waals surface area contributed by atoms with E-state index < -0.39 is 0 Å². The number of nitrogens with zero attached hydrogens (tertiary/aromatic N) is 1. The van der Waals surface area contributed by atoms with Crippen LogP contribution in [0.25, 0.3) is 0 Å². The maximum Gasteiger partial charge on any atom is 0.237 e. The van der Waals surface area contributed by atoms with Crippen molar-refractivity contribution in [2.24, 2.45) is 35.1 Å². The first-order valence-corrected chi connectivity index (χ1v) is 14.3. The van der Waals surface area contributed by atoms with Crippen molar-refractivity contribution in [1.29, 1.82) is 5.41 Å². The van der Waals surface area contributed by atoms with Gasteiger partial charge in [0.15, 0.2) is 0 Å². The third-order valence-corrected chi connectivity index (χ3v) is 11.1. The van der Waals surface area contributed by atoms with Crippen LogP contribution in [0.15, 0.2) is 0 Å². The molecule has 3 aliphatic carbocycles. The maximum atomic E-state index is 13.6. The molecule has 2 heterocycles. The van der Waals surface area contributed by atoms with Crippen LogP contribution in [0.4, 0.5) is 0 Å². The van der Waals surface area contributed by atoms with Gasteiger partial charge in [-0.2, -0.15) is 11.8 Å². The minimum Gasteiger partial charge on any atom is -0.387 e. The van der Waals surface area contributed by atoms with Gasteiger partial charge in [0, 0.05) is 35.8 Å². The van der Waals surface area contributed by atoms with Gasteiger partial charge in [0.1, 0.15) is 0 Å². The van der Waals surface area contributed by atoms with Crippen LogP contribution in [0, 0.1) is 29.1 Å². The first-order chi connectivity index (χ1) is 15.5. The van der Waals surface area contributed by atoms with Crippen LogP contribution in [0.5, 0.6) is 0 Å². The summed E-state index contributed by atoms with van der Waals surface area (Å²) in [6.07, 6.45) is 13.6. The lowest BCUT2D eigenvalue weighted by molar-refractivity contribution is -0.127. The SMILES string of the molecule is N=C(N)C1CCC2CC(C(=O)NC3CCC(N)CC3)N(CC3CCCC4CCSC43)C2C1. The molecule has 6 nitrogen and oxygen atoms in total. The molecular formula is C25H43N5OS. The van der Waals surface area contributed by atoms with Crippen molar-refractivity contribution < 1.29 is 4.79 Å². The predicted molar refractivity (Wildman–Crippen MR) is 132 cm³/mol. The van der Waals surface area contributed by atoms with Crippen LogP contribution in [0.3, 0.4) is 0 Å². The number of carbonyl (C=O) groups is 1. The Balaban J connectivity index is 1.31. The Bertz CT molecular complexity index is 696. The Morgan fingerprint density at radius 1 is 1.00 bits per heavy atom. The fraction of sp³-hybridized carbons (Fsp3) is 0.920. The molecule has 7 unspecified atom stereocenters. The highest BCUT2D eigenvalue weighted by Gasteiger charge is 2.49. The van der Waals surface area contributed by atoms with Gasteiger partial charge < -0.3 is 16.8 Å². The number of amides is 1. The molecule has 0 aromatic rings. The number of fused-ring (bicyclic) bond motifs is 2. The van der Waals surface area contributed by atoms with Crippen molar-refractivity contribution in [1.82, 2.24) is 10.2 Å². The first-order valence-electron chi connectivity index (χ1n) is 13.3. The lowest BCUT2D eigenvalue weighted by atomic mass is 9.77. The van der Waals surface area contributed by atoms with E-state index in [-0.39, 0.29) is 17.9 Å². The Hall–Kier alpha value is -0.790. The van der Waals surface area contributed by atoms with Gasteiger partial charge in [-0.1, -0.05) is 6.42 Å². The van der Waals surface area contributed by atoms with Crippen molar-refractivity contribution in [3.63, 3.8) is 0 Å². The highest BCUT2D eigenvalue weighted by atomic mass is 32.2.